The van der Waals surface area contributed by atoms with Gasteiger partial charge in [0, 0.05) is 17.7 Å². The van der Waals surface area contributed by atoms with Crippen LogP contribution in [0.3, 0.4) is 0 Å². The van der Waals surface area contributed by atoms with Crippen molar-refractivity contribution in [3.05, 3.63) is 42.0 Å². The topological polar surface area (TPSA) is 39.1 Å². The van der Waals surface area contributed by atoms with Crippen molar-refractivity contribution in [2.24, 2.45) is 7.05 Å². The van der Waals surface area contributed by atoms with Gasteiger partial charge in [0.15, 0.2) is 5.75 Å². The predicted octanol–water partition coefficient (Wildman–Crippen LogP) is 2.62. The first kappa shape index (κ1) is 14.9. The molecule has 1 aromatic heterocycles. The Labute approximate surface area is 122 Å². The van der Waals surface area contributed by atoms with Crippen molar-refractivity contribution in [3.8, 4) is 5.75 Å². The number of thioether (sulfide) groups is 1. The molecular formula is C14H18FN3OS. The Hall–Kier alpha value is -1.53. The molecule has 0 spiro atoms. The van der Waals surface area contributed by atoms with Gasteiger partial charge in [-0.05, 0) is 25.2 Å². The lowest BCUT2D eigenvalue weighted by Crippen LogP contribution is -2.22. The van der Waals surface area contributed by atoms with E-state index in [0.29, 0.717) is 0 Å². The maximum Gasteiger partial charge on any atom is 0.161 e. The summed E-state index contributed by atoms with van der Waals surface area (Å²) in [7, 11) is 5.41. The summed E-state index contributed by atoms with van der Waals surface area (Å²) in [5, 5.41) is 7.46. The Kier molecular flexibility index (Phi) is 5.03. The van der Waals surface area contributed by atoms with E-state index in [-0.39, 0.29) is 11.9 Å². The highest BCUT2D eigenvalue weighted by molar-refractivity contribution is 7.99. The van der Waals surface area contributed by atoms with Crippen LogP contribution in [-0.2, 0) is 7.05 Å². The summed E-state index contributed by atoms with van der Waals surface area (Å²) in [6.45, 7) is 0. The Morgan fingerprint density at radius 3 is 2.95 bits per heavy atom. The van der Waals surface area contributed by atoms with Gasteiger partial charge in [0.2, 0.25) is 0 Å². The molecule has 0 radical (unpaired) electrons. The van der Waals surface area contributed by atoms with E-state index in [9.17, 15) is 4.39 Å². The number of hydrogen-bond donors (Lipinski definition) is 1. The first-order valence-electron chi connectivity index (χ1n) is 6.27. The fraction of sp³-hybridized carbons (Fsp3) is 0.357. The van der Waals surface area contributed by atoms with Crippen LogP contribution in [-0.4, -0.2) is 29.7 Å². The lowest BCUT2D eigenvalue weighted by Gasteiger charge is -2.17. The van der Waals surface area contributed by atoms with Gasteiger partial charge in [0.05, 0.1) is 25.0 Å². The lowest BCUT2D eigenvalue weighted by atomic mass is 10.2. The molecule has 0 amide bonds. The number of nitrogens with zero attached hydrogens (tertiary/aromatic N) is 2. The molecule has 0 aliphatic heterocycles. The van der Waals surface area contributed by atoms with Crippen molar-refractivity contribution in [1.29, 1.82) is 0 Å². The number of nitrogens with one attached hydrogen (secondary N) is 1. The van der Waals surface area contributed by atoms with Gasteiger partial charge in [0.25, 0.3) is 0 Å². The second kappa shape index (κ2) is 6.76. The molecule has 1 aromatic carbocycles. The minimum absolute atomic E-state index is 0.0747. The van der Waals surface area contributed by atoms with Gasteiger partial charge in [-0.1, -0.05) is 6.07 Å². The van der Waals surface area contributed by atoms with Crippen LogP contribution in [0.1, 0.15) is 11.7 Å². The van der Waals surface area contributed by atoms with E-state index in [2.05, 4.69) is 10.4 Å². The van der Waals surface area contributed by atoms with Crippen LogP contribution in [0.5, 0.6) is 5.75 Å². The van der Waals surface area contributed by atoms with Gasteiger partial charge in [-0.15, -0.1) is 11.8 Å². The fourth-order valence-corrected chi connectivity index (χ4v) is 3.07. The van der Waals surface area contributed by atoms with E-state index in [1.54, 1.807) is 35.8 Å². The van der Waals surface area contributed by atoms with E-state index in [4.69, 9.17) is 4.74 Å². The molecule has 0 saturated heterocycles. The quantitative estimate of drug-likeness (QED) is 0.832. The van der Waals surface area contributed by atoms with Crippen molar-refractivity contribution >= 4 is 11.8 Å². The average molecular weight is 295 g/mol. The Balaban J connectivity index is 2.11. The van der Waals surface area contributed by atoms with Gasteiger partial charge >= 0.3 is 0 Å². The highest BCUT2D eigenvalue weighted by Gasteiger charge is 2.19. The Bertz CT molecular complexity index is 573. The summed E-state index contributed by atoms with van der Waals surface area (Å²) < 4.78 is 20.3. The monoisotopic (exact) mass is 295 g/mol. The van der Waals surface area contributed by atoms with Crippen LogP contribution in [0.15, 0.2) is 35.4 Å². The third kappa shape index (κ3) is 3.32. The first-order chi connectivity index (χ1) is 9.65. The SMILES string of the molecule is CNC(CSc1cccc(F)c1)c1c(OC)cnn1C. The van der Waals surface area contributed by atoms with Gasteiger partial charge < -0.3 is 10.1 Å². The van der Waals surface area contributed by atoms with Crippen LogP contribution in [0.25, 0.3) is 0 Å². The summed E-state index contributed by atoms with van der Waals surface area (Å²) in [5.74, 6) is 1.30. The number of benzene rings is 1. The lowest BCUT2D eigenvalue weighted by molar-refractivity contribution is 0.401. The molecule has 0 saturated carbocycles. The zero-order valence-electron chi connectivity index (χ0n) is 11.8. The van der Waals surface area contributed by atoms with E-state index in [0.717, 1.165) is 22.1 Å². The zero-order valence-corrected chi connectivity index (χ0v) is 12.6. The summed E-state index contributed by atoms with van der Waals surface area (Å²) in [4.78, 5) is 0.909. The molecule has 0 bridgehead atoms. The first-order valence-corrected chi connectivity index (χ1v) is 7.25. The van der Waals surface area contributed by atoms with Crippen LogP contribution in [0.4, 0.5) is 4.39 Å². The molecule has 2 rings (SSSR count). The van der Waals surface area contributed by atoms with Gasteiger partial charge in [-0.3, -0.25) is 4.68 Å². The van der Waals surface area contributed by atoms with Crippen LogP contribution in [0.2, 0.25) is 0 Å². The predicted molar refractivity (Wildman–Crippen MR) is 78.7 cm³/mol. The van der Waals surface area contributed by atoms with E-state index in [1.807, 2.05) is 20.2 Å². The summed E-state index contributed by atoms with van der Waals surface area (Å²) in [5.41, 5.74) is 0.985. The maximum absolute atomic E-state index is 13.2. The summed E-state index contributed by atoms with van der Waals surface area (Å²) >= 11 is 1.59. The molecule has 6 heteroatoms. The standard InChI is InChI=1S/C14H18FN3OS/c1-16-12(14-13(19-3)8-17-18(14)2)9-20-11-6-4-5-10(15)7-11/h4-8,12,16H,9H2,1-3H3. The van der Waals surface area contributed by atoms with Crippen molar-refractivity contribution in [2.45, 2.75) is 10.9 Å². The number of aromatic nitrogens is 2. The normalized spacial score (nSPS) is 12.4. The molecule has 0 fully saturated rings. The van der Waals surface area contributed by atoms with Crippen LogP contribution >= 0.6 is 11.8 Å². The molecule has 20 heavy (non-hydrogen) atoms. The molecule has 1 N–H and O–H groups in total. The second-order valence-corrected chi connectivity index (χ2v) is 5.42. The van der Waals surface area contributed by atoms with Gasteiger partial charge in [-0.25, -0.2) is 4.39 Å². The molecule has 2 aromatic rings. The van der Waals surface area contributed by atoms with Gasteiger partial charge in [-0.2, -0.15) is 5.10 Å². The van der Waals surface area contributed by atoms with E-state index < -0.39 is 0 Å². The van der Waals surface area contributed by atoms with Crippen molar-refractivity contribution in [1.82, 2.24) is 15.1 Å². The molecule has 1 atom stereocenters. The zero-order chi connectivity index (χ0) is 14.5. The third-order valence-corrected chi connectivity index (χ3v) is 4.15. The highest BCUT2D eigenvalue weighted by Crippen LogP contribution is 2.29. The molecule has 1 heterocycles. The number of halogens is 1. The van der Waals surface area contributed by atoms with Crippen molar-refractivity contribution in [3.63, 3.8) is 0 Å². The number of hydrogen-bond acceptors (Lipinski definition) is 4. The van der Waals surface area contributed by atoms with Crippen molar-refractivity contribution < 1.29 is 9.13 Å². The van der Waals surface area contributed by atoms with Crippen LogP contribution in [0, 0.1) is 5.82 Å². The number of aryl methyl sites for hydroxylation is 1. The minimum Gasteiger partial charge on any atom is -0.493 e. The van der Waals surface area contributed by atoms with E-state index >= 15 is 0 Å². The summed E-state index contributed by atoms with van der Waals surface area (Å²) in [6, 6.07) is 6.69. The molecule has 0 aliphatic carbocycles. The van der Waals surface area contributed by atoms with E-state index in [1.165, 1.54) is 12.1 Å². The Morgan fingerprint density at radius 2 is 2.30 bits per heavy atom. The smallest absolute Gasteiger partial charge is 0.161 e. The molecule has 4 nitrogen and oxygen atoms in total. The third-order valence-electron chi connectivity index (χ3n) is 3.06. The molecule has 1 unspecified atom stereocenters. The molecular weight excluding hydrogens is 277 g/mol. The number of rotatable bonds is 6. The van der Waals surface area contributed by atoms with Crippen LogP contribution < -0.4 is 10.1 Å². The minimum atomic E-state index is -0.214. The largest absolute Gasteiger partial charge is 0.493 e. The fourth-order valence-electron chi connectivity index (χ4n) is 2.02. The second-order valence-electron chi connectivity index (χ2n) is 4.33. The van der Waals surface area contributed by atoms with Crippen molar-refractivity contribution in [2.75, 3.05) is 19.9 Å². The average Bonchev–Trinajstić information content (AvgIpc) is 2.81. The molecule has 0 aliphatic rings. The number of ether oxygens (including phenoxy) is 1. The number of methoxy groups -OCH3 is 1. The van der Waals surface area contributed by atoms with Gasteiger partial charge in [0.1, 0.15) is 5.82 Å². The highest BCUT2D eigenvalue weighted by atomic mass is 32.2. The molecule has 108 valence electrons. The maximum atomic E-state index is 13.2. The summed E-state index contributed by atoms with van der Waals surface area (Å²) in [6.07, 6.45) is 1.70. The Morgan fingerprint density at radius 1 is 1.50 bits per heavy atom.